The molecule has 1 amide bonds. The number of nitrogens with one attached hydrogen (secondary N) is 1. The molecular formula is C18H20BrNO2S. The number of methoxy groups -OCH3 is 1. The number of benzene rings is 2. The summed E-state index contributed by atoms with van der Waals surface area (Å²) in [6.07, 6.45) is 0.770. The first kappa shape index (κ1) is 17.9. The lowest BCUT2D eigenvalue weighted by Gasteiger charge is -2.09. The third-order valence-corrected chi connectivity index (χ3v) is 4.80. The van der Waals surface area contributed by atoms with Crippen molar-refractivity contribution in [3.63, 3.8) is 0 Å². The minimum absolute atomic E-state index is 0.0693. The van der Waals surface area contributed by atoms with Crippen LogP contribution in [-0.4, -0.2) is 25.3 Å². The molecule has 0 bridgehead atoms. The van der Waals surface area contributed by atoms with Crippen molar-refractivity contribution in [2.75, 3.05) is 19.4 Å². The van der Waals surface area contributed by atoms with Crippen molar-refractivity contribution >= 4 is 33.6 Å². The summed E-state index contributed by atoms with van der Waals surface area (Å²) in [4.78, 5) is 11.9. The summed E-state index contributed by atoms with van der Waals surface area (Å²) >= 11 is 5.07. The van der Waals surface area contributed by atoms with Gasteiger partial charge in [0.05, 0.1) is 12.9 Å². The van der Waals surface area contributed by atoms with E-state index in [9.17, 15) is 4.79 Å². The molecule has 0 atom stereocenters. The number of hydrogen-bond donors (Lipinski definition) is 1. The molecule has 0 saturated heterocycles. The Morgan fingerprint density at radius 2 is 2.04 bits per heavy atom. The van der Waals surface area contributed by atoms with Gasteiger partial charge in [-0.3, -0.25) is 4.79 Å². The monoisotopic (exact) mass is 393 g/mol. The van der Waals surface area contributed by atoms with E-state index in [2.05, 4.69) is 33.4 Å². The van der Waals surface area contributed by atoms with Gasteiger partial charge in [-0.2, -0.15) is 0 Å². The summed E-state index contributed by atoms with van der Waals surface area (Å²) in [5.74, 6) is 2.24. The van der Waals surface area contributed by atoms with E-state index < -0.39 is 0 Å². The average molecular weight is 394 g/mol. The molecule has 3 nitrogen and oxygen atoms in total. The molecule has 0 spiro atoms. The van der Waals surface area contributed by atoms with E-state index in [0.29, 0.717) is 12.3 Å². The number of hydrogen-bond acceptors (Lipinski definition) is 3. The number of halogens is 1. The highest BCUT2D eigenvalue weighted by Crippen LogP contribution is 2.18. The van der Waals surface area contributed by atoms with Crippen molar-refractivity contribution in [2.24, 2.45) is 0 Å². The second-order valence-electron chi connectivity index (χ2n) is 5.03. The molecule has 0 fully saturated rings. The second-order valence-corrected chi connectivity index (χ2v) is 6.94. The molecular weight excluding hydrogens is 374 g/mol. The normalized spacial score (nSPS) is 10.3. The predicted octanol–water partition coefficient (Wildman–Crippen LogP) is 4.05. The van der Waals surface area contributed by atoms with Gasteiger partial charge >= 0.3 is 0 Å². The van der Waals surface area contributed by atoms with Crippen LogP contribution in [0.15, 0.2) is 53.0 Å². The molecule has 23 heavy (non-hydrogen) atoms. The molecule has 5 heteroatoms. The zero-order valence-corrected chi connectivity index (χ0v) is 15.5. The fraction of sp³-hybridized carbons (Fsp3) is 0.278. The first-order valence-electron chi connectivity index (χ1n) is 7.40. The topological polar surface area (TPSA) is 38.3 Å². The zero-order valence-electron chi connectivity index (χ0n) is 13.0. The Hall–Kier alpha value is -1.46. The Morgan fingerprint density at radius 1 is 1.22 bits per heavy atom. The molecule has 0 unspecified atom stereocenters. The average Bonchev–Trinajstić information content (AvgIpc) is 2.55. The summed E-state index contributed by atoms with van der Waals surface area (Å²) < 4.78 is 6.37. The van der Waals surface area contributed by atoms with Crippen molar-refractivity contribution in [3.8, 4) is 5.75 Å². The Bertz CT molecular complexity index is 648. The minimum Gasteiger partial charge on any atom is -0.496 e. The Kier molecular flexibility index (Phi) is 7.49. The summed E-state index contributed by atoms with van der Waals surface area (Å²) in [5.41, 5.74) is 2.32. The van der Waals surface area contributed by atoms with Crippen LogP contribution in [0.3, 0.4) is 0 Å². The van der Waals surface area contributed by atoms with Crippen molar-refractivity contribution in [2.45, 2.75) is 12.2 Å². The first-order valence-corrected chi connectivity index (χ1v) is 9.34. The van der Waals surface area contributed by atoms with Crippen LogP contribution in [0.4, 0.5) is 0 Å². The van der Waals surface area contributed by atoms with Gasteiger partial charge in [-0.1, -0.05) is 46.3 Å². The smallest absolute Gasteiger partial charge is 0.230 e. The highest BCUT2D eigenvalue weighted by atomic mass is 79.9. The lowest BCUT2D eigenvalue weighted by Crippen LogP contribution is -2.27. The van der Waals surface area contributed by atoms with E-state index in [4.69, 9.17) is 4.74 Å². The van der Waals surface area contributed by atoms with Crippen molar-refractivity contribution in [1.82, 2.24) is 5.32 Å². The van der Waals surface area contributed by atoms with Gasteiger partial charge in [0.25, 0.3) is 0 Å². The van der Waals surface area contributed by atoms with Crippen molar-refractivity contribution in [1.29, 1.82) is 0 Å². The second kappa shape index (κ2) is 9.63. The summed E-state index contributed by atoms with van der Waals surface area (Å²) in [6, 6.07) is 16.0. The zero-order chi connectivity index (χ0) is 16.5. The summed E-state index contributed by atoms with van der Waals surface area (Å²) in [5, 5.41) is 2.96. The van der Waals surface area contributed by atoms with Crippen LogP contribution in [0.2, 0.25) is 0 Å². The van der Waals surface area contributed by atoms with Crippen LogP contribution in [0, 0.1) is 0 Å². The van der Waals surface area contributed by atoms with E-state index in [0.717, 1.165) is 28.0 Å². The van der Waals surface area contributed by atoms with Gasteiger partial charge < -0.3 is 10.1 Å². The highest BCUT2D eigenvalue weighted by molar-refractivity contribution is 9.10. The first-order chi connectivity index (χ1) is 11.2. The van der Waals surface area contributed by atoms with Gasteiger partial charge in [-0.15, -0.1) is 11.8 Å². The van der Waals surface area contributed by atoms with E-state index in [1.54, 1.807) is 18.9 Å². The Balaban J connectivity index is 1.67. The number of para-hydroxylation sites is 1. The molecule has 0 radical (unpaired) electrons. The summed E-state index contributed by atoms with van der Waals surface area (Å²) in [7, 11) is 1.66. The third-order valence-electron chi connectivity index (χ3n) is 3.30. The minimum atomic E-state index is 0.0693. The molecule has 122 valence electrons. The maximum Gasteiger partial charge on any atom is 0.230 e. The van der Waals surface area contributed by atoms with E-state index in [1.165, 1.54) is 5.56 Å². The van der Waals surface area contributed by atoms with E-state index in [-0.39, 0.29) is 5.91 Å². The number of amides is 1. The predicted molar refractivity (Wildman–Crippen MR) is 100 cm³/mol. The number of rotatable bonds is 8. The van der Waals surface area contributed by atoms with Gasteiger partial charge in [0.1, 0.15) is 5.75 Å². The van der Waals surface area contributed by atoms with Crippen molar-refractivity contribution < 1.29 is 9.53 Å². The molecule has 0 heterocycles. The SMILES string of the molecule is COc1ccccc1CCNC(=O)CSCc1cccc(Br)c1. The lowest BCUT2D eigenvalue weighted by atomic mass is 10.1. The highest BCUT2D eigenvalue weighted by Gasteiger charge is 2.04. The van der Waals surface area contributed by atoms with Crippen LogP contribution < -0.4 is 10.1 Å². The Labute approximate surface area is 149 Å². The summed E-state index contributed by atoms with van der Waals surface area (Å²) in [6.45, 7) is 0.622. The molecule has 2 aromatic carbocycles. The van der Waals surface area contributed by atoms with E-state index in [1.807, 2.05) is 36.4 Å². The quantitative estimate of drug-likeness (QED) is 0.734. The fourth-order valence-electron chi connectivity index (χ4n) is 2.19. The Morgan fingerprint density at radius 3 is 2.83 bits per heavy atom. The molecule has 0 aliphatic heterocycles. The molecule has 2 aromatic rings. The van der Waals surface area contributed by atoms with Crippen LogP contribution in [0.1, 0.15) is 11.1 Å². The standard InChI is InChI=1S/C18H20BrNO2S/c1-22-17-8-3-2-6-15(17)9-10-20-18(21)13-23-12-14-5-4-7-16(19)11-14/h2-8,11H,9-10,12-13H2,1H3,(H,20,21). The number of carbonyl (C=O) groups is 1. The van der Waals surface area contributed by atoms with Crippen LogP contribution in [0.25, 0.3) is 0 Å². The lowest BCUT2D eigenvalue weighted by molar-refractivity contribution is -0.118. The number of thioether (sulfide) groups is 1. The molecule has 0 aromatic heterocycles. The van der Waals surface area contributed by atoms with Gasteiger partial charge in [0.2, 0.25) is 5.91 Å². The number of ether oxygens (including phenoxy) is 1. The van der Waals surface area contributed by atoms with E-state index >= 15 is 0 Å². The van der Waals surface area contributed by atoms with Gasteiger partial charge in [-0.05, 0) is 35.7 Å². The van der Waals surface area contributed by atoms with Gasteiger partial charge in [-0.25, -0.2) is 0 Å². The maximum absolute atomic E-state index is 11.9. The molecule has 0 aliphatic carbocycles. The fourth-order valence-corrected chi connectivity index (χ4v) is 3.44. The molecule has 0 aliphatic rings. The van der Waals surface area contributed by atoms with Crippen LogP contribution in [0.5, 0.6) is 5.75 Å². The number of carbonyl (C=O) groups excluding carboxylic acids is 1. The van der Waals surface area contributed by atoms with Gasteiger partial charge in [0.15, 0.2) is 0 Å². The van der Waals surface area contributed by atoms with Crippen molar-refractivity contribution in [3.05, 3.63) is 64.1 Å². The van der Waals surface area contributed by atoms with Crippen LogP contribution >= 0.6 is 27.7 Å². The maximum atomic E-state index is 11.9. The van der Waals surface area contributed by atoms with Gasteiger partial charge in [0, 0.05) is 16.8 Å². The molecule has 1 N–H and O–H groups in total. The molecule has 0 saturated carbocycles. The molecule has 2 rings (SSSR count). The van der Waals surface area contributed by atoms with Crippen LogP contribution in [-0.2, 0) is 17.0 Å². The largest absolute Gasteiger partial charge is 0.496 e. The third kappa shape index (κ3) is 6.28.